The lowest BCUT2D eigenvalue weighted by molar-refractivity contribution is 0.602. The predicted molar refractivity (Wildman–Crippen MR) is 73.2 cm³/mol. The number of nitrogens with one attached hydrogen (secondary N) is 1. The van der Waals surface area contributed by atoms with Gasteiger partial charge in [0.2, 0.25) is 0 Å². The van der Waals surface area contributed by atoms with Crippen molar-refractivity contribution < 1.29 is 4.39 Å². The number of aryl methyl sites for hydroxylation is 1. The van der Waals surface area contributed by atoms with E-state index < -0.39 is 5.82 Å². The molecule has 0 amide bonds. The second kappa shape index (κ2) is 5.44. The summed E-state index contributed by atoms with van der Waals surface area (Å²) in [4.78, 5) is 8.34. The number of rotatable bonds is 3. The molecule has 0 unspecified atom stereocenters. The largest absolute Gasteiger partial charge is 0.371 e. The molecule has 0 spiro atoms. The molecule has 0 atom stereocenters. The van der Waals surface area contributed by atoms with Crippen molar-refractivity contribution >= 4 is 21.7 Å². The van der Waals surface area contributed by atoms with Crippen LogP contribution in [0.1, 0.15) is 17.1 Å². The molecule has 0 aliphatic rings. The molecule has 1 heterocycles. The Morgan fingerprint density at radius 1 is 1.28 bits per heavy atom. The van der Waals surface area contributed by atoms with Gasteiger partial charge in [-0.15, -0.1) is 0 Å². The van der Waals surface area contributed by atoms with Crippen molar-refractivity contribution in [3.05, 3.63) is 51.6 Å². The van der Waals surface area contributed by atoms with Crippen LogP contribution in [0.15, 0.2) is 28.7 Å². The number of benzene rings is 1. The Labute approximate surface area is 114 Å². The molecule has 0 saturated heterocycles. The standard InChI is InChI=1S/C13H13BrFN3/c1-8-12(15)13(16-2)18-11(17-8)7-9-5-3-4-6-10(9)14/h3-6H,7H2,1-2H3,(H,16,17,18). The van der Waals surface area contributed by atoms with E-state index in [0.717, 1.165) is 10.0 Å². The molecular weight excluding hydrogens is 297 g/mol. The van der Waals surface area contributed by atoms with Crippen LogP contribution >= 0.6 is 15.9 Å². The van der Waals surface area contributed by atoms with E-state index in [0.29, 0.717) is 17.9 Å². The molecule has 18 heavy (non-hydrogen) atoms. The van der Waals surface area contributed by atoms with Crippen molar-refractivity contribution in [3.8, 4) is 0 Å². The second-order valence-corrected chi connectivity index (χ2v) is 4.76. The Morgan fingerprint density at radius 3 is 2.67 bits per heavy atom. The molecule has 0 fully saturated rings. The Balaban J connectivity index is 2.36. The van der Waals surface area contributed by atoms with Gasteiger partial charge in [-0.05, 0) is 18.6 Å². The smallest absolute Gasteiger partial charge is 0.186 e. The molecule has 0 radical (unpaired) electrons. The van der Waals surface area contributed by atoms with Gasteiger partial charge in [0.25, 0.3) is 0 Å². The topological polar surface area (TPSA) is 37.8 Å². The minimum Gasteiger partial charge on any atom is -0.371 e. The lowest BCUT2D eigenvalue weighted by Gasteiger charge is -2.08. The Morgan fingerprint density at radius 2 is 2.00 bits per heavy atom. The summed E-state index contributed by atoms with van der Waals surface area (Å²) in [6, 6.07) is 7.86. The first-order chi connectivity index (χ1) is 8.61. The first kappa shape index (κ1) is 13.0. The van der Waals surface area contributed by atoms with Crippen molar-refractivity contribution in [2.24, 2.45) is 0 Å². The summed E-state index contributed by atoms with van der Waals surface area (Å²) in [6.07, 6.45) is 0.567. The van der Waals surface area contributed by atoms with Crippen molar-refractivity contribution in [1.82, 2.24) is 9.97 Å². The van der Waals surface area contributed by atoms with Crippen LogP contribution in [-0.2, 0) is 6.42 Å². The first-order valence-electron chi connectivity index (χ1n) is 5.56. The van der Waals surface area contributed by atoms with E-state index in [4.69, 9.17) is 0 Å². The zero-order valence-electron chi connectivity index (χ0n) is 10.2. The molecule has 1 aromatic heterocycles. The predicted octanol–water partition coefficient (Wildman–Crippen LogP) is 3.32. The zero-order valence-corrected chi connectivity index (χ0v) is 11.8. The number of aromatic nitrogens is 2. The fourth-order valence-corrected chi connectivity index (χ4v) is 2.10. The fourth-order valence-electron chi connectivity index (χ4n) is 1.67. The number of hydrogen-bond acceptors (Lipinski definition) is 3. The van der Waals surface area contributed by atoms with Gasteiger partial charge in [0.1, 0.15) is 5.82 Å². The van der Waals surface area contributed by atoms with E-state index in [1.165, 1.54) is 0 Å². The van der Waals surface area contributed by atoms with Gasteiger partial charge in [0, 0.05) is 17.9 Å². The van der Waals surface area contributed by atoms with E-state index in [9.17, 15) is 4.39 Å². The molecule has 5 heteroatoms. The molecule has 0 saturated carbocycles. The molecule has 2 aromatic rings. The number of hydrogen-bond donors (Lipinski definition) is 1. The van der Waals surface area contributed by atoms with Crippen LogP contribution in [0.3, 0.4) is 0 Å². The summed E-state index contributed by atoms with van der Waals surface area (Å²) in [5.41, 5.74) is 1.43. The monoisotopic (exact) mass is 309 g/mol. The lowest BCUT2D eigenvalue weighted by atomic mass is 10.1. The highest BCUT2D eigenvalue weighted by molar-refractivity contribution is 9.10. The van der Waals surface area contributed by atoms with E-state index >= 15 is 0 Å². The van der Waals surface area contributed by atoms with Crippen LogP contribution in [0.2, 0.25) is 0 Å². The Kier molecular flexibility index (Phi) is 3.91. The highest BCUT2D eigenvalue weighted by Crippen LogP contribution is 2.20. The van der Waals surface area contributed by atoms with Crippen LogP contribution in [0.5, 0.6) is 0 Å². The summed E-state index contributed by atoms with van der Waals surface area (Å²) < 4.78 is 14.6. The highest BCUT2D eigenvalue weighted by Gasteiger charge is 2.11. The van der Waals surface area contributed by atoms with Gasteiger partial charge in [0.15, 0.2) is 11.6 Å². The van der Waals surface area contributed by atoms with Crippen LogP contribution < -0.4 is 5.32 Å². The van der Waals surface area contributed by atoms with E-state index in [-0.39, 0.29) is 5.82 Å². The lowest BCUT2D eigenvalue weighted by Crippen LogP contribution is -2.06. The van der Waals surface area contributed by atoms with Gasteiger partial charge in [-0.3, -0.25) is 0 Å². The molecule has 0 bridgehead atoms. The number of nitrogens with zero attached hydrogens (tertiary/aromatic N) is 2. The van der Waals surface area contributed by atoms with Crippen molar-refractivity contribution in [3.63, 3.8) is 0 Å². The summed E-state index contributed by atoms with van der Waals surface area (Å²) in [7, 11) is 1.65. The van der Waals surface area contributed by atoms with Crippen molar-refractivity contribution in [2.75, 3.05) is 12.4 Å². The quantitative estimate of drug-likeness (QED) is 0.945. The maximum atomic E-state index is 13.6. The normalized spacial score (nSPS) is 10.4. The molecule has 94 valence electrons. The third kappa shape index (κ3) is 2.67. The van der Waals surface area contributed by atoms with Crippen LogP contribution in [-0.4, -0.2) is 17.0 Å². The number of anilines is 1. The first-order valence-corrected chi connectivity index (χ1v) is 6.35. The summed E-state index contributed by atoms with van der Waals surface area (Å²) in [6.45, 7) is 1.64. The zero-order chi connectivity index (χ0) is 13.1. The minimum atomic E-state index is -0.395. The third-order valence-electron chi connectivity index (χ3n) is 2.61. The average molecular weight is 310 g/mol. The minimum absolute atomic E-state index is 0.240. The summed E-state index contributed by atoms with van der Waals surface area (Å²) in [5.74, 6) is 0.447. The van der Waals surface area contributed by atoms with Crippen LogP contribution in [0.4, 0.5) is 10.2 Å². The average Bonchev–Trinajstić information content (AvgIpc) is 2.36. The van der Waals surface area contributed by atoms with Gasteiger partial charge >= 0.3 is 0 Å². The van der Waals surface area contributed by atoms with Gasteiger partial charge in [-0.25, -0.2) is 14.4 Å². The second-order valence-electron chi connectivity index (χ2n) is 3.91. The number of halogens is 2. The van der Waals surface area contributed by atoms with Gasteiger partial charge in [-0.1, -0.05) is 34.1 Å². The molecule has 2 rings (SSSR count). The Hall–Kier alpha value is -1.49. The van der Waals surface area contributed by atoms with E-state index in [1.807, 2.05) is 24.3 Å². The molecular formula is C13H13BrFN3. The maximum Gasteiger partial charge on any atom is 0.186 e. The molecule has 1 aromatic carbocycles. The molecule has 1 N–H and O–H groups in total. The third-order valence-corrected chi connectivity index (χ3v) is 3.38. The van der Waals surface area contributed by atoms with Crippen molar-refractivity contribution in [2.45, 2.75) is 13.3 Å². The fraction of sp³-hybridized carbons (Fsp3) is 0.231. The maximum absolute atomic E-state index is 13.6. The SMILES string of the molecule is CNc1nc(Cc2ccccc2Br)nc(C)c1F. The molecule has 3 nitrogen and oxygen atoms in total. The van der Waals surface area contributed by atoms with E-state index in [1.54, 1.807) is 14.0 Å². The molecule has 0 aliphatic carbocycles. The van der Waals surface area contributed by atoms with Crippen LogP contribution in [0, 0.1) is 12.7 Å². The van der Waals surface area contributed by atoms with Crippen molar-refractivity contribution in [1.29, 1.82) is 0 Å². The van der Waals surface area contributed by atoms with Gasteiger partial charge in [-0.2, -0.15) is 0 Å². The summed E-state index contributed by atoms with van der Waals surface area (Å²) in [5, 5.41) is 2.74. The Bertz CT molecular complexity index is 572. The summed E-state index contributed by atoms with van der Waals surface area (Å²) >= 11 is 3.48. The molecule has 0 aliphatic heterocycles. The van der Waals surface area contributed by atoms with Gasteiger partial charge in [0.05, 0.1) is 5.69 Å². The van der Waals surface area contributed by atoms with E-state index in [2.05, 4.69) is 31.2 Å². The highest BCUT2D eigenvalue weighted by atomic mass is 79.9. The van der Waals surface area contributed by atoms with Gasteiger partial charge < -0.3 is 5.32 Å². The van der Waals surface area contributed by atoms with Crippen LogP contribution in [0.25, 0.3) is 0 Å².